The van der Waals surface area contributed by atoms with Crippen LogP contribution < -0.4 is 10.6 Å². The number of nitrogens with one attached hydrogen (secondary N) is 2. The van der Waals surface area contributed by atoms with Gasteiger partial charge in [-0.15, -0.1) is 0 Å². The van der Waals surface area contributed by atoms with Crippen LogP contribution in [0.25, 0.3) is 0 Å². The van der Waals surface area contributed by atoms with Crippen molar-refractivity contribution in [2.24, 2.45) is 0 Å². The lowest BCUT2D eigenvalue weighted by atomic mass is 9.84. The minimum Gasteiger partial charge on any atom is -0.337 e. The summed E-state index contributed by atoms with van der Waals surface area (Å²) >= 11 is 3.43. The van der Waals surface area contributed by atoms with E-state index < -0.39 is 0 Å². The fourth-order valence-electron chi connectivity index (χ4n) is 2.19. The summed E-state index contributed by atoms with van der Waals surface area (Å²) in [5.74, 6) is -0.264. The Morgan fingerprint density at radius 2 is 1.83 bits per heavy atom. The molecule has 0 unspecified atom stereocenters. The molecule has 3 nitrogen and oxygen atoms in total. The Bertz CT molecular complexity index is 699. The highest BCUT2D eigenvalue weighted by atomic mass is 79.9. The smallest absolute Gasteiger partial charge is 0.319 e. The Labute approximate surface area is 144 Å². The third-order valence-electron chi connectivity index (χ3n) is 3.69. The van der Waals surface area contributed by atoms with Crippen LogP contribution in [-0.2, 0) is 5.41 Å². The van der Waals surface area contributed by atoms with E-state index in [1.807, 2.05) is 39.0 Å². The average Bonchev–Trinajstić information content (AvgIpc) is 2.49. The van der Waals surface area contributed by atoms with Crippen molar-refractivity contribution in [3.8, 4) is 0 Å². The molecule has 0 bridgehead atoms. The number of carbonyl (C=O) groups is 1. The molecule has 2 rings (SSSR count). The first kappa shape index (κ1) is 17.5. The molecule has 0 aliphatic rings. The number of anilines is 1. The number of aryl methyl sites for hydroxylation is 1. The van der Waals surface area contributed by atoms with E-state index in [4.69, 9.17) is 0 Å². The summed E-state index contributed by atoms with van der Waals surface area (Å²) in [6.07, 6.45) is 0. The molecule has 0 fully saturated rings. The second-order valence-electron chi connectivity index (χ2n) is 6.18. The quantitative estimate of drug-likeness (QED) is 0.772. The molecule has 0 saturated heterocycles. The fraction of sp³-hybridized carbons (Fsp3) is 0.278. The zero-order valence-electron chi connectivity index (χ0n) is 13.4. The Hall–Kier alpha value is -1.88. The molecule has 23 heavy (non-hydrogen) atoms. The molecular formula is C18H20BrFN2O. The standard InChI is InChI=1S/C18H20BrFN2O/c1-12-4-9-16(15(19)10-12)22-17(23)21-11-18(2,3)13-5-7-14(20)8-6-13/h4-10H,11H2,1-3H3,(H2,21,22,23). The van der Waals surface area contributed by atoms with Crippen molar-refractivity contribution < 1.29 is 9.18 Å². The summed E-state index contributed by atoms with van der Waals surface area (Å²) in [6.45, 7) is 6.43. The molecular weight excluding hydrogens is 359 g/mol. The molecule has 0 spiro atoms. The van der Waals surface area contributed by atoms with Crippen molar-refractivity contribution in [2.75, 3.05) is 11.9 Å². The maximum atomic E-state index is 13.0. The maximum absolute atomic E-state index is 13.0. The van der Waals surface area contributed by atoms with Gasteiger partial charge in [0.05, 0.1) is 5.69 Å². The van der Waals surface area contributed by atoms with Gasteiger partial charge in [0.15, 0.2) is 0 Å². The van der Waals surface area contributed by atoms with Crippen molar-refractivity contribution in [2.45, 2.75) is 26.2 Å². The van der Waals surface area contributed by atoms with Crippen LogP contribution in [0, 0.1) is 12.7 Å². The van der Waals surface area contributed by atoms with E-state index in [9.17, 15) is 9.18 Å². The summed E-state index contributed by atoms with van der Waals surface area (Å²) in [6, 6.07) is 11.8. The number of hydrogen-bond acceptors (Lipinski definition) is 1. The zero-order valence-corrected chi connectivity index (χ0v) is 15.0. The van der Waals surface area contributed by atoms with Gasteiger partial charge in [0.1, 0.15) is 5.82 Å². The summed E-state index contributed by atoms with van der Waals surface area (Å²) in [5, 5.41) is 5.68. The monoisotopic (exact) mass is 378 g/mol. The molecule has 122 valence electrons. The van der Waals surface area contributed by atoms with Gasteiger partial charge >= 0.3 is 6.03 Å². The van der Waals surface area contributed by atoms with Gasteiger partial charge in [-0.25, -0.2) is 9.18 Å². The second-order valence-corrected chi connectivity index (χ2v) is 7.04. The molecule has 2 aromatic carbocycles. The lowest BCUT2D eigenvalue weighted by Gasteiger charge is -2.25. The number of carbonyl (C=O) groups excluding carboxylic acids is 1. The average molecular weight is 379 g/mol. The van der Waals surface area contributed by atoms with E-state index in [0.717, 1.165) is 15.6 Å². The highest BCUT2D eigenvalue weighted by Gasteiger charge is 2.21. The summed E-state index contributed by atoms with van der Waals surface area (Å²) in [7, 11) is 0. The van der Waals surface area contributed by atoms with Crippen LogP contribution >= 0.6 is 15.9 Å². The van der Waals surface area contributed by atoms with Gasteiger partial charge in [0.2, 0.25) is 0 Å². The molecule has 0 aliphatic heterocycles. The van der Waals surface area contributed by atoms with E-state index in [-0.39, 0.29) is 17.3 Å². The molecule has 0 atom stereocenters. The van der Waals surface area contributed by atoms with E-state index in [2.05, 4.69) is 26.6 Å². The molecule has 0 radical (unpaired) electrons. The lowest BCUT2D eigenvalue weighted by molar-refractivity contribution is 0.249. The number of hydrogen-bond donors (Lipinski definition) is 2. The predicted molar refractivity (Wildman–Crippen MR) is 95.3 cm³/mol. The fourth-order valence-corrected chi connectivity index (χ4v) is 2.78. The van der Waals surface area contributed by atoms with Crippen molar-refractivity contribution >= 4 is 27.6 Å². The predicted octanol–water partition coefficient (Wildman–Crippen LogP) is 5.00. The molecule has 2 N–H and O–H groups in total. The van der Waals surface area contributed by atoms with Gasteiger partial charge in [-0.2, -0.15) is 0 Å². The van der Waals surface area contributed by atoms with E-state index >= 15 is 0 Å². The maximum Gasteiger partial charge on any atom is 0.319 e. The third-order valence-corrected chi connectivity index (χ3v) is 4.35. The summed E-state index contributed by atoms with van der Waals surface area (Å²) in [5.41, 5.74) is 2.50. The highest BCUT2D eigenvalue weighted by molar-refractivity contribution is 9.10. The number of urea groups is 1. The van der Waals surface area contributed by atoms with Gasteiger partial charge in [-0.3, -0.25) is 0 Å². The van der Waals surface area contributed by atoms with Crippen molar-refractivity contribution in [1.29, 1.82) is 0 Å². The first-order valence-corrected chi connectivity index (χ1v) is 8.14. The van der Waals surface area contributed by atoms with Crippen LogP contribution in [0.2, 0.25) is 0 Å². The van der Waals surface area contributed by atoms with Crippen LogP contribution in [-0.4, -0.2) is 12.6 Å². The van der Waals surface area contributed by atoms with Gasteiger partial charge in [-0.05, 0) is 58.2 Å². The highest BCUT2D eigenvalue weighted by Crippen LogP contribution is 2.24. The van der Waals surface area contributed by atoms with E-state index in [0.29, 0.717) is 12.2 Å². The number of benzene rings is 2. The first-order valence-electron chi connectivity index (χ1n) is 7.35. The molecule has 2 aromatic rings. The normalized spacial score (nSPS) is 11.2. The van der Waals surface area contributed by atoms with Crippen molar-refractivity contribution in [3.05, 3.63) is 63.9 Å². The molecule has 0 aliphatic carbocycles. The zero-order chi connectivity index (χ0) is 17.0. The molecule has 0 aromatic heterocycles. The van der Waals surface area contributed by atoms with Crippen LogP contribution in [0.1, 0.15) is 25.0 Å². The summed E-state index contributed by atoms with van der Waals surface area (Å²) in [4.78, 5) is 12.1. The van der Waals surface area contributed by atoms with Crippen molar-refractivity contribution in [3.63, 3.8) is 0 Å². The van der Waals surface area contributed by atoms with E-state index in [1.165, 1.54) is 12.1 Å². The largest absolute Gasteiger partial charge is 0.337 e. The Morgan fingerprint density at radius 3 is 2.43 bits per heavy atom. The SMILES string of the molecule is Cc1ccc(NC(=O)NCC(C)(C)c2ccc(F)cc2)c(Br)c1. The van der Waals surface area contributed by atoms with Gasteiger partial charge in [0.25, 0.3) is 0 Å². The number of amides is 2. The molecule has 0 saturated carbocycles. The van der Waals surface area contributed by atoms with Gasteiger partial charge in [0, 0.05) is 16.4 Å². The summed E-state index contributed by atoms with van der Waals surface area (Å²) < 4.78 is 13.9. The Morgan fingerprint density at radius 1 is 1.17 bits per heavy atom. The minimum absolute atomic E-state index is 0.264. The molecule has 2 amide bonds. The van der Waals surface area contributed by atoms with Crippen molar-refractivity contribution in [1.82, 2.24) is 5.32 Å². The van der Waals surface area contributed by atoms with Gasteiger partial charge in [-0.1, -0.05) is 32.0 Å². The van der Waals surface area contributed by atoms with Crippen LogP contribution in [0.3, 0.4) is 0 Å². The lowest BCUT2D eigenvalue weighted by Crippen LogP contribution is -2.39. The Kier molecular flexibility index (Phi) is 5.42. The van der Waals surface area contributed by atoms with Crippen LogP contribution in [0.5, 0.6) is 0 Å². The Balaban J connectivity index is 1.96. The third kappa shape index (κ3) is 4.79. The van der Waals surface area contributed by atoms with Gasteiger partial charge < -0.3 is 10.6 Å². The topological polar surface area (TPSA) is 41.1 Å². The van der Waals surface area contributed by atoms with E-state index in [1.54, 1.807) is 12.1 Å². The van der Waals surface area contributed by atoms with Crippen LogP contribution in [0.4, 0.5) is 14.9 Å². The number of rotatable bonds is 4. The van der Waals surface area contributed by atoms with Crippen LogP contribution in [0.15, 0.2) is 46.9 Å². The first-order chi connectivity index (χ1) is 10.8. The molecule has 5 heteroatoms. The minimum atomic E-state index is -0.296. The number of halogens is 2. The molecule has 0 heterocycles. The second kappa shape index (κ2) is 7.13.